The van der Waals surface area contributed by atoms with Crippen molar-refractivity contribution in [1.29, 1.82) is 0 Å². The second-order valence-corrected chi connectivity index (χ2v) is 5.85. The highest BCUT2D eigenvalue weighted by Crippen LogP contribution is 2.43. The molecular formula is C14H27N3O. The van der Waals surface area contributed by atoms with Gasteiger partial charge in [-0.3, -0.25) is 4.99 Å². The molecule has 0 aromatic heterocycles. The van der Waals surface area contributed by atoms with Crippen molar-refractivity contribution in [1.82, 2.24) is 10.6 Å². The normalized spacial score (nSPS) is 22.4. The van der Waals surface area contributed by atoms with Crippen LogP contribution in [0.2, 0.25) is 0 Å². The summed E-state index contributed by atoms with van der Waals surface area (Å²) < 4.78 is 5.22. The lowest BCUT2D eigenvalue weighted by Crippen LogP contribution is -2.47. The maximum absolute atomic E-state index is 5.22. The minimum absolute atomic E-state index is 0.452. The van der Waals surface area contributed by atoms with Gasteiger partial charge in [-0.2, -0.15) is 0 Å². The van der Waals surface area contributed by atoms with Crippen molar-refractivity contribution in [2.75, 3.05) is 33.9 Å². The Morgan fingerprint density at radius 3 is 2.61 bits per heavy atom. The van der Waals surface area contributed by atoms with Crippen LogP contribution in [0.25, 0.3) is 0 Å². The Morgan fingerprint density at radius 2 is 2.11 bits per heavy atom. The van der Waals surface area contributed by atoms with Crippen molar-refractivity contribution < 1.29 is 4.74 Å². The van der Waals surface area contributed by atoms with Crippen molar-refractivity contribution in [3.8, 4) is 0 Å². The second kappa shape index (κ2) is 6.41. The fourth-order valence-corrected chi connectivity index (χ4v) is 2.57. The smallest absolute Gasteiger partial charge is 0.191 e. The van der Waals surface area contributed by atoms with Crippen molar-refractivity contribution in [3.63, 3.8) is 0 Å². The average molecular weight is 253 g/mol. The molecule has 18 heavy (non-hydrogen) atoms. The molecular weight excluding hydrogens is 226 g/mol. The fourth-order valence-electron chi connectivity index (χ4n) is 2.57. The van der Waals surface area contributed by atoms with Crippen LogP contribution in [0.3, 0.4) is 0 Å². The van der Waals surface area contributed by atoms with Crippen molar-refractivity contribution >= 4 is 5.96 Å². The summed E-state index contributed by atoms with van der Waals surface area (Å²) in [4.78, 5) is 4.29. The van der Waals surface area contributed by atoms with Gasteiger partial charge in [-0.25, -0.2) is 0 Å². The number of hydrogen-bond acceptors (Lipinski definition) is 2. The molecule has 104 valence electrons. The first-order chi connectivity index (χ1) is 8.78. The lowest BCUT2D eigenvalue weighted by molar-refractivity contribution is 0.0732. The minimum Gasteiger partial charge on any atom is -0.385 e. The molecule has 0 aromatic carbocycles. The van der Waals surface area contributed by atoms with E-state index in [1.54, 1.807) is 7.11 Å². The van der Waals surface area contributed by atoms with Crippen LogP contribution in [0.4, 0.5) is 0 Å². The predicted molar refractivity (Wildman–Crippen MR) is 74.9 cm³/mol. The van der Waals surface area contributed by atoms with E-state index in [1.165, 1.54) is 32.1 Å². The quantitative estimate of drug-likeness (QED) is 0.537. The van der Waals surface area contributed by atoms with Gasteiger partial charge in [0.15, 0.2) is 5.96 Å². The number of nitrogens with one attached hydrogen (secondary N) is 2. The zero-order valence-electron chi connectivity index (χ0n) is 11.8. The molecule has 2 N–H and O–H groups in total. The van der Waals surface area contributed by atoms with E-state index in [1.807, 2.05) is 7.05 Å². The van der Waals surface area contributed by atoms with E-state index in [0.717, 1.165) is 38.0 Å². The zero-order chi connectivity index (χ0) is 12.8. The molecule has 0 aliphatic heterocycles. The maximum Gasteiger partial charge on any atom is 0.191 e. The van der Waals surface area contributed by atoms with Gasteiger partial charge in [0.25, 0.3) is 0 Å². The molecule has 0 heterocycles. The number of methoxy groups -OCH3 is 1. The van der Waals surface area contributed by atoms with Gasteiger partial charge < -0.3 is 15.4 Å². The predicted octanol–water partition coefficient (Wildman–Crippen LogP) is 1.77. The van der Waals surface area contributed by atoms with Crippen LogP contribution in [0.1, 0.15) is 38.5 Å². The van der Waals surface area contributed by atoms with Gasteiger partial charge in [0.2, 0.25) is 0 Å². The standard InChI is InChI=1S/C14H27N3O/c1-15-13(16-10-12-4-5-12)17-11-14(6-3-7-14)8-9-18-2/h12H,3-11H2,1-2H3,(H2,15,16,17). The first-order valence-electron chi connectivity index (χ1n) is 7.21. The van der Waals surface area contributed by atoms with E-state index in [0.29, 0.717) is 5.41 Å². The average Bonchev–Trinajstić information content (AvgIpc) is 3.15. The van der Waals surface area contributed by atoms with E-state index >= 15 is 0 Å². The SMILES string of the molecule is CN=C(NCC1CC1)NCC1(CCOC)CCC1. The van der Waals surface area contributed by atoms with Crippen LogP contribution in [0, 0.1) is 11.3 Å². The summed E-state index contributed by atoms with van der Waals surface area (Å²) in [6.45, 7) is 2.97. The highest BCUT2D eigenvalue weighted by Gasteiger charge is 2.36. The van der Waals surface area contributed by atoms with Gasteiger partial charge in [0.1, 0.15) is 0 Å². The highest BCUT2D eigenvalue weighted by atomic mass is 16.5. The Morgan fingerprint density at radius 1 is 1.33 bits per heavy atom. The van der Waals surface area contributed by atoms with E-state index in [-0.39, 0.29) is 0 Å². The number of rotatable bonds is 7. The first-order valence-corrected chi connectivity index (χ1v) is 7.21. The Labute approximate surface area is 111 Å². The molecule has 0 aromatic rings. The molecule has 0 saturated heterocycles. The van der Waals surface area contributed by atoms with Gasteiger partial charge >= 0.3 is 0 Å². The molecule has 0 bridgehead atoms. The van der Waals surface area contributed by atoms with E-state index in [4.69, 9.17) is 4.74 Å². The van der Waals surface area contributed by atoms with Crippen LogP contribution in [-0.4, -0.2) is 39.8 Å². The molecule has 0 radical (unpaired) electrons. The summed E-state index contributed by atoms with van der Waals surface area (Å²) >= 11 is 0. The lowest BCUT2D eigenvalue weighted by atomic mass is 9.67. The number of aliphatic imine (C=N–C) groups is 1. The van der Waals surface area contributed by atoms with E-state index in [9.17, 15) is 0 Å². The Kier molecular flexibility index (Phi) is 4.87. The molecule has 0 unspecified atom stereocenters. The molecule has 0 atom stereocenters. The summed E-state index contributed by atoms with van der Waals surface area (Å²) in [5.41, 5.74) is 0.452. The Bertz CT molecular complexity index is 283. The Balaban J connectivity index is 1.69. The van der Waals surface area contributed by atoms with Gasteiger partial charge in [-0.1, -0.05) is 6.42 Å². The largest absolute Gasteiger partial charge is 0.385 e. The zero-order valence-corrected chi connectivity index (χ0v) is 11.8. The molecule has 4 heteroatoms. The molecule has 2 saturated carbocycles. The molecule has 0 amide bonds. The van der Waals surface area contributed by atoms with Crippen LogP contribution >= 0.6 is 0 Å². The summed E-state index contributed by atoms with van der Waals surface area (Å²) in [6, 6.07) is 0. The minimum atomic E-state index is 0.452. The molecule has 2 aliphatic rings. The van der Waals surface area contributed by atoms with Crippen LogP contribution in [0.5, 0.6) is 0 Å². The Hall–Kier alpha value is -0.770. The van der Waals surface area contributed by atoms with Gasteiger partial charge in [-0.15, -0.1) is 0 Å². The van der Waals surface area contributed by atoms with Crippen molar-refractivity contribution in [2.45, 2.75) is 38.5 Å². The third kappa shape index (κ3) is 3.87. The maximum atomic E-state index is 5.22. The number of ether oxygens (including phenoxy) is 1. The topological polar surface area (TPSA) is 45.7 Å². The fraction of sp³-hybridized carbons (Fsp3) is 0.929. The van der Waals surface area contributed by atoms with Gasteiger partial charge in [0.05, 0.1) is 0 Å². The summed E-state index contributed by atoms with van der Waals surface area (Å²) in [6.07, 6.45) is 7.92. The van der Waals surface area contributed by atoms with Crippen molar-refractivity contribution in [3.05, 3.63) is 0 Å². The third-order valence-electron chi connectivity index (χ3n) is 4.36. The van der Waals surface area contributed by atoms with Gasteiger partial charge in [0, 0.05) is 33.9 Å². The summed E-state index contributed by atoms with van der Waals surface area (Å²) in [7, 11) is 3.64. The second-order valence-electron chi connectivity index (χ2n) is 5.85. The summed E-state index contributed by atoms with van der Waals surface area (Å²) in [5.74, 6) is 1.85. The molecule has 0 spiro atoms. The molecule has 2 rings (SSSR count). The number of guanidine groups is 1. The van der Waals surface area contributed by atoms with Gasteiger partial charge in [-0.05, 0) is 43.4 Å². The highest BCUT2D eigenvalue weighted by molar-refractivity contribution is 5.79. The lowest BCUT2D eigenvalue weighted by Gasteiger charge is -2.42. The monoisotopic (exact) mass is 253 g/mol. The van der Waals surface area contributed by atoms with Crippen LogP contribution < -0.4 is 10.6 Å². The van der Waals surface area contributed by atoms with Crippen LogP contribution in [-0.2, 0) is 4.74 Å². The molecule has 4 nitrogen and oxygen atoms in total. The van der Waals surface area contributed by atoms with E-state index < -0.39 is 0 Å². The number of nitrogens with zero attached hydrogens (tertiary/aromatic N) is 1. The van der Waals surface area contributed by atoms with E-state index in [2.05, 4.69) is 15.6 Å². The summed E-state index contributed by atoms with van der Waals surface area (Å²) in [5, 5.41) is 6.90. The van der Waals surface area contributed by atoms with Crippen LogP contribution in [0.15, 0.2) is 4.99 Å². The number of hydrogen-bond donors (Lipinski definition) is 2. The molecule has 2 fully saturated rings. The first kappa shape index (κ1) is 13.7. The third-order valence-corrected chi connectivity index (χ3v) is 4.36. The molecule has 2 aliphatic carbocycles. The van der Waals surface area contributed by atoms with Crippen molar-refractivity contribution in [2.24, 2.45) is 16.3 Å².